The molecule has 30 heavy (non-hydrogen) atoms. The van der Waals surface area contributed by atoms with E-state index in [1.165, 1.54) is 28.4 Å². The molecule has 162 valence electrons. The number of ketones is 1. The highest BCUT2D eigenvalue weighted by molar-refractivity contribution is 9.12. The average Bonchev–Trinajstić information content (AvgIpc) is 2.76. The first-order valence-corrected chi connectivity index (χ1v) is 9.76. The molecule has 0 aliphatic heterocycles. The zero-order valence-corrected chi connectivity index (χ0v) is 19.7. The van der Waals surface area contributed by atoms with Crippen molar-refractivity contribution in [3.63, 3.8) is 0 Å². The van der Waals surface area contributed by atoms with Crippen molar-refractivity contribution in [2.75, 3.05) is 54.5 Å². The van der Waals surface area contributed by atoms with Crippen LogP contribution in [-0.4, -0.2) is 55.4 Å². The molecule has 0 spiro atoms. The third-order valence-electron chi connectivity index (χ3n) is 4.44. The topological polar surface area (TPSA) is 66.5 Å². The highest BCUT2D eigenvalue weighted by Crippen LogP contribution is 2.47. The normalized spacial score (nSPS) is 11.0. The molecule has 0 aromatic heterocycles. The maximum atomic E-state index is 13.1. The Bertz CT molecular complexity index is 955. The number of carbonyl (C=O) groups is 1. The molecule has 0 unspecified atom stereocenters. The smallest absolute Gasteiger partial charge is 0.207 e. The Balaban J connectivity index is 2.56. The van der Waals surface area contributed by atoms with E-state index in [9.17, 15) is 4.79 Å². The van der Waals surface area contributed by atoms with Crippen molar-refractivity contribution in [3.8, 4) is 28.7 Å². The predicted molar refractivity (Wildman–Crippen MR) is 121 cm³/mol. The Hall–Kier alpha value is -2.87. The Morgan fingerprint density at radius 1 is 0.833 bits per heavy atom. The van der Waals surface area contributed by atoms with Gasteiger partial charge in [0, 0.05) is 25.2 Å². The first-order valence-electron chi connectivity index (χ1n) is 8.97. The van der Waals surface area contributed by atoms with E-state index < -0.39 is 0 Å². The lowest BCUT2D eigenvalue weighted by Gasteiger charge is -2.18. The summed E-state index contributed by atoms with van der Waals surface area (Å²) in [5.74, 6) is 2.14. The summed E-state index contributed by atoms with van der Waals surface area (Å²) in [6, 6.07) is 6.98. The molecule has 7 nitrogen and oxygen atoms in total. The Morgan fingerprint density at radius 2 is 1.43 bits per heavy atom. The second kappa shape index (κ2) is 10.2. The van der Waals surface area contributed by atoms with Crippen LogP contribution in [0.5, 0.6) is 28.7 Å². The van der Waals surface area contributed by atoms with Crippen LogP contribution in [-0.2, 0) is 0 Å². The van der Waals surface area contributed by atoms with Gasteiger partial charge in [0.05, 0.1) is 45.7 Å². The molecule has 0 atom stereocenters. The van der Waals surface area contributed by atoms with E-state index in [2.05, 4.69) is 15.9 Å². The summed E-state index contributed by atoms with van der Waals surface area (Å²) < 4.78 is 27.5. The molecule has 0 saturated carbocycles. The van der Waals surface area contributed by atoms with E-state index in [4.69, 9.17) is 23.7 Å². The van der Waals surface area contributed by atoms with Crippen LogP contribution < -0.4 is 28.6 Å². The lowest BCUT2D eigenvalue weighted by Crippen LogP contribution is -2.11. The van der Waals surface area contributed by atoms with Crippen LogP contribution in [0.2, 0.25) is 0 Å². The van der Waals surface area contributed by atoms with Crippen molar-refractivity contribution < 1.29 is 28.5 Å². The molecule has 0 aliphatic rings. The number of hydrogen-bond donors (Lipinski definition) is 0. The molecule has 0 fully saturated rings. The maximum Gasteiger partial charge on any atom is 0.207 e. The van der Waals surface area contributed by atoms with Gasteiger partial charge in [-0.15, -0.1) is 0 Å². The largest absolute Gasteiger partial charge is 0.495 e. The van der Waals surface area contributed by atoms with E-state index in [1.54, 1.807) is 37.5 Å². The van der Waals surface area contributed by atoms with Gasteiger partial charge in [-0.05, 0) is 46.3 Å². The zero-order chi connectivity index (χ0) is 22.4. The van der Waals surface area contributed by atoms with E-state index in [-0.39, 0.29) is 5.78 Å². The van der Waals surface area contributed by atoms with E-state index in [0.29, 0.717) is 44.4 Å². The van der Waals surface area contributed by atoms with Crippen LogP contribution in [0, 0.1) is 0 Å². The molecular weight excluding hydrogens is 454 g/mol. The van der Waals surface area contributed by atoms with Crippen molar-refractivity contribution in [2.45, 2.75) is 0 Å². The monoisotopic (exact) mass is 479 g/mol. The SMILES string of the molecule is COc1ccc(C(=O)/C(Br)=C\c2cc(OC)c(OC)c(OC)c2OC)cc1N(C)C. The lowest BCUT2D eigenvalue weighted by molar-refractivity contribution is 0.104. The number of rotatable bonds is 9. The lowest BCUT2D eigenvalue weighted by atomic mass is 10.1. The number of hydrogen-bond acceptors (Lipinski definition) is 7. The van der Waals surface area contributed by atoms with Crippen LogP contribution in [0.25, 0.3) is 6.08 Å². The summed E-state index contributed by atoms with van der Waals surface area (Å²) >= 11 is 3.40. The molecule has 2 aromatic rings. The minimum absolute atomic E-state index is 0.198. The second-order valence-corrected chi connectivity index (χ2v) is 7.22. The highest BCUT2D eigenvalue weighted by atomic mass is 79.9. The second-order valence-electron chi connectivity index (χ2n) is 6.37. The van der Waals surface area contributed by atoms with Crippen LogP contribution in [0.3, 0.4) is 0 Å². The first-order chi connectivity index (χ1) is 14.3. The van der Waals surface area contributed by atoms with Gasteiger partial charge in [0.2, 0.25) is 11.5 Å². The number of anilines is 1. The van der Waals surface area contributed by atoms with Gasteiger partial charge < -0.3 is 28.6 Å². The molecule has 2 rings (SSSR count). The van der Waals surface area contributed by atoms with Gasteiger partial charge in [-0.2, -0.15) is 0 Å². The van der Waals surface area contributed by atoms with Gasteiger partial charge in [0.15, 0.2) is 17.3 Å². The minimum atomic E-state index is -0.198. The van der Waals surface area contributed by atoms with Crippen molar-refractivity contribution in [1.29, 1.82) is 0 Å². The highest BCUT2D eigenvalue weighted by Gasteiger charge is 2.22. The van der Waals surface area contributed by atoms with Crippen LogP contribution in [0.1, 0.15) is 15.9 Å². The first kappa shape index (κ1) is 23.4. The number of allylic oxidation sites excluding steroid dienone is 1. The number of nitrogens with zero attached hydrogens (tertiary/aromatic N) is 1. The van der Waals surface area contributed by atoms with Crippen molar-refractivity contribution in [3.05, 3.63) is 39.9 Å². The maximum absolute atomic E-state index is 13.1. The van der Waals surface area contributed by atoms with Gasteiger partial charge >= 0.3 is 0 Å². The summed E-state index contributed by atoms with van der Waals surface area (Å²) in [5.41, 5.74) is 1.90. The summed E-state index contributed by atoms with van der Waals surface area (Å²) in [4.78, 5) is 14.9. The molecule has 0 heterocycles. The fourth-order valence-corrected chi connectivity index (χ4v) is 3.46. The summed E-state index contributed by atoms with van der Waals surface area (Å²) in [6.07, 6.45) is 1.66. The Morgan fingerprint density at radius 3 is 1.93 bits per heavy atom. The van der Waals surface area contributed by atoms with E-state index in [1.807, 2.05) is 19.0 Å². The van der Waals surface area contributed by atoms with E-state index >= 15 is 0 Å². The number of methoxy groups -OCH3 is 5. The number of benzene rings is 2. The van der Waals surface area contributed by atoms with Crippen molar-refractivity contribution in [2.24, 2.45) is 0 Å². The predicted octanol–water partition coefficient (Wildman–Crippen LogP) is 4.41. The molecule has 0 N–H and O–H groups in total. The van der Waals surface area contributed by atoms with Gasteiger partial charge in [-0.3, -0.25) is 4.79 Å². The number of ether oxygens (including phenoxy) is 5. The molecule has 2 aromatic carbocycles. The third-order valence-corrected chi connectivity index (χ3v) is 5.03. The molecular formula is C22H26BrNO6. The van der Waals surface area contributed by atoms with Gasteiger partial charge in [-0.25, -0.2) is 0 Å². The summed E-state index contributed by atoms with van der Waals surface area (Å²) in [6.45, 7) is 0. The average molecular weight is 480 g/mol. The van der Waals surface area contributed by atoms with Crippen LogP contribution in [0.15, 0.2) is 28.7 Å². The van der Waals surface area contributed by atoms with E-state index in [0.717, 1.165) is 5.69 Å². The van der Waals surface area contributed by atoms with Crippen LogP contribution >= 0.6 is 15.9 Å². The standard InChI is InChI=1S/C22H26BrNO6/c1-24(2)16-11-13(8-9-17(16)26-3)19(25)15(23)10-14-12-18(27-4)21(29-6)22(30-7)20(14)28-5/h8-12H,1-7H3/b15-10+. The molecule has 0 radical (unpaired) electrons. The molecule has 0 saturated heterocycles. The van der Waals surface area contributed by atoms with Crippen molar-refractivity contribution >= 4 is 33.5 Å². The number of carbonyl (C=O) groups excluding carboxylic acids is 1. The van der Waals surface area contributed by atoms with Crippen LogP contribution in [0.4, 0.5) is 5.69 Å². The Labute approximate surface area is 185 Å². The molecule has 8 heteroatoms. The fraction of sp³-hybridized carbons (Fsp3) is 0.318. The van der Waals surface area contributed by atoms with Gasteiger partial charge in [0.1, 0.15) is 5.75 Å². The fourth-order valence-electron chi connectivity index (χ4n) is 2.99. The number of Topliss-reactive ketones (excluding diaryl/α,β-unsaturated/α-hetero) is 1. The minimum Gasteiger partial charge on any atom is -0.495 e. The van der Waals surface area contributed by atoms with Crippen molar-refractivity contribution in [1.82, 2.24) is 0 Å². The summed E-state index contributed by atoms with van der Waals surface area (Å²) in [7, 11) is 11.4. The quantitative estimate of drug-likeness (QED) is 0.389. The summed E-state index contributed by atoms with van der Waals surface area (Å²) in [5, 5.41) is 0. The molecule has 0 bridgehead atoms. The Kier molecular flexibility index (Phi) is 8.00. The van der Waals surface area contributed by atoms with Gasteiger partial charge in [-0.1, -0.05) is 0 Å². The van der Waals surface area contributed by atoms with Gasteiger partial charge in [0.25, 0.3) is 0 Å². The molecule has 0 aliphatic carbocycles. The third kappa shape index (κ3) is 4.64. The number of halogens is 1. The molecule has 0 amide bonds. The zero-order valence-electron chi connectivity index (χ0n) is 18.2.